The van der Waals surface area contributed by atoms with E-state index in [0.29, 0.717) is 24.6 Å². The second-order valence-corrected chi connectivity index (χ2v) is 6.27. The van der Waals surface area contributed by atoms with E-state index in [9.17, 15) is 4.79 Å². The number of aromatic amines is 1. The summed E-state index contributed by atoms with van der Waals surface area (Å²) in [6, 6.07) is 0. The van der Waals surface area contributed by atoms with Crippen molar-refractivity contribution in [2.75, 3.05) is 38.6 Å². The average Bonchev–Trinajstić information content (AvgIpc) is 2.94. The van der Waals surface area contributed by atoms with Crippen molar-refractivity contribution in [2.45, 2.75) is 13.8 Å². The van der Waals surface area contributed by atoms with Crippen LogP contribution in [0.25, 0.3) is 11.2 Å². The Balaban J connectivity index is 2.07. The summed E-state index contributed by atoms with van der Waals surface area (Å²) in [7, 11) is 3.61. The van der Waals surface area contributed by atoms with Gasteiger partial charge in [-0.3, -0.25) is 4.79 Å². The van der Waals surface area contributed by atoms with Gasteiger partial charge in [-0.15, -0.1) is 0 Å². The van der Waals surface area contributed by atoms with E-state index in [1.807, 2.05) is 20.9 Å². The molecule has 3 N–H and O–H groups in total. The van der Waals surface area contributed by atoms with Crippen LogP contribution in [0.4, 0.5) is 5.82 Å². The second-order valence-electron chi connectivity index (χ2n) is 6.27. The Kier molecular flexibility index (Phi) is 4.60. The van der Waals surface area contributed by atoms with Gasteiger partial charge in [-0.1, -0.05) is 13.8 Å². The summed E-state index contributed by atoms with van der Waals surface area (Å²) in [6.07, 6.45) is 3.01. The number of carbonyl (C=O) groups is 1. The minimum absolute atomic E-state index is 0.00954. The topological polar surface area (TPSA) is 104 Å². The van der Waals surface area contributed by atoms with Crippen molar-refractivity contribution in [3.8, 4) is 0 Å². The minimum Gasteiger partial charge on any atom is -0.348 e. The van der Waals surface area contributed by atoms with Gasteiger partial charge in [0.2, 0.25) is 5.91 Å². The summed E-state index contributed by atoms with van der Waals surface area (Å²) in [6.45, 7) is 5.45. The standard InChI is InChI=1S/C14H23N7O/c1-14(2,6-15)7-21(4)10(22)5-20(3)13-11-12(17-8-16-11)18-9-19-13/h8-9H,5-7,15H2,1-4H3,(H,16,17,18,19). The monoisotopic (exact) mass is 305 g/mol. The molecule has 0 aliphatic heterocycles. The Morgan fingerprint density at radius 3 is 2.73 bits per heavy atom. The van der Waals surface area contributed by atoms with Crippen molar-refractivity contribution in [1.29, 1.82) is 0 Å². The number of fused-ring (bicyclic) bond motifs is 1. The van der Waals surface area contributed by atoms with Crippen LogP contribution in [0.3, 0.4) is 0 Å². The molecule has 8 nitrogen and oxygen atoms in total. The average molecular weight is 305 g/mol. The van der Waals surface area contributed by atoms with E-state index < -0.39 is 0 Å². The molecule has 0 saturated heterocycles. The molecule has 0 aromatic carbocycles. The number of hydrogen-bond acceptors (Lipinski definition) is 6. The van der Waals surface area contributed by atoms with Crippen LogP contribution >= 0.6 is 0 Å². The number of carbonyl (C=O) groups excluding carboxylic acids is 1. The van der Waals surface area contributed by atoms with E-state index in [-0.39, 0.29) is 17.9 Å². The van der Waals surface area contributed by atoms with Gasteiger partial charge in [0.1, 0.15) is 11.8 Å². The summed E-state index contributed by atoms with van der Waals surface area (Å²) in [5.74, 6) is 0.664. The lowest BCUT2D eigenvalue weighted by atomic mass is 9.93. The number of nitrogens with zero attached hydrogens (tertiary/aromatic N) is 5. The molecule has 0 bridgehead atoms. The van der Waals surface area contributed by atoms with Crippen LogP contribution in [-0.4, -0.2) is 64.5 Å². The lowest BCUT2D eigenvalue weighted by Gasteiger charge is -2.30. The highest BCUT2D eigenvalue weighted by Crippen LogP contribution is 2.18. The van der Waals surface area contributed by atoms with Gasteiger partial charge in [0.15, 0.2) is 11.5 Å². The third-order valence-electron chi connectivity index (χ3n) is 3.58. The third kappa shape index (κ3) is 3.51. The maximum absolute atomic E-state index is 12.4. The van der Waals surface area contributed by atoms with Gasteiger partial charge in [-0.25, -0.2) is 15.0 Å². The zero-order valence-electron chi connectivity index (χ0n) is 13.5. The van der Waals surface area contributed by atoms with Crippen molar-refractivity contribution in [3.63, 3.8) is 0 Å². The highest BCUT2D eigenvalue weighted by Gasteiger charge is 2.22. The van der Waals surface area contributed by atoms with Gasteiger partial charge < -0.3 is 20.5 Å². The first-order valence-corrected chi connectivity index (χ1v) is 7.13. The van der Waals surface area contributed by atoms with Crippen LogP contribution in [0.15, 0.2) is 12.7 Å². The predicted molar refractivity (Wildman–Crippen MR) is 85.4 cm³/mol. The first-order valence-electron chi connectivity index (χ1n) is 7.13. The number of imidazole rings is 1. The fourth-order valence-electron chi connectivity index (χ4n) is 2.23. The Hall–Kier alpha value is -2.22. The SMILES string of the molecule is CN(CC(C)(C)CN)C(=O)CN(C)c1ncnc2nc[nH]c12. The quantitative estimate of drug-likeness (QED) is 0.792. The Labute approximate surface area is 129 Å². The predicted octanol–water partition coefficient (Wildman–Crippen LogP) is 0.232. The lowest BCUT2D eigenvalue weighted by molar-refractivity contribution is -0.129. The number of nitrogens with two attached hydrogens (primary N) is 1. The Morgan fingerprint density at radius 1 is 1.32 bits per heavy atom. The van der Waals surface area contributed by atoms with E-state index in [1.165, 1.54) is 6.33 Å². The maximum atomic E-state index is 12.4. The number of rotatable bonds is 6. The molecule has 2 heterocycles. The largest absolute Gasteiger partial charge is 0.348 e. The van der Waals surface area contributed by atoms with E-state index >= 15 is 0 Å². The van der Waals surface area contributed by atoms with Crippen LogP contribution in [-0.2, 0) is 4.79 Å². The number of aromatic nitrogens is 4. The molecular weight excluding hydrogens is 282 g/mol. The molecule has 0 radical (unpaired) electrons. The molecule has 0 unspecified atom stereocenters. The second kappa shape index (κ2) is 6.27. The number of amides is 1. The number of anilines is 1. The molecule has 0 atom stereocenters. The summed E-state index contributed by atoms with van der Waals surface area (Å²) in [5, 5.41) is 0. The van der Waals surface area contributed by atoms with Gasteiger partial charge in [0.05, 0.1) is 12.9 Å². The molecule has 120 valence electrons. The van der Waals surface area contributed by atoms with Crippen molar-refractivity contribution >= 4 is 22.9 Å². The highest BCUT2D eigenvalue weighted by atomic mass is 16.2. The molecule has 2 aromatic rings. The van der Waals surface area contributed by atoms with Crippen LogP contribution in [0.2, 0.25) is 0 Å². The molecular formula is C14H23N7O. The highest BCUT2D eigenvalue weighted by molar-refractivity contribution is 5.86. The number of hydrogen-bond donors (Lipinski definition) is 2. The summed E-state index contributed by atoms with van der Waals surface area (Å²) >= 11 is 0. The van der Waals surface area contributed by atoms with Crippen LogP contribution < -0.4 is 10.6 Å². The summed E-state index contributed by atoms with van der Waals surface area (Å²) in [5.41, 5.74) is 6.93. The molecule has 0 saturated carbocycles. The van der Waals surface area contributed by atoms with E-state index in [1.54, 1.807) is 23.2 Å². The molecule has 0 aliphatic rings. The fourth-order valence-corrected chi connectivity index (χ4v) is 2.23. The van der Waals surface area contributed by atoms with Crippen LogP contribution in [0.1, 0.15) is 13.8 Å². The van der Waals surface area contributed by atoms with E-state index in [4.69, 9.17) is 5.73 Å². The van der Waals surface area contributed by atoms with Crippen molar-refractivity contribution in [3.05, 3.63) is 12.7 Å². The molecule has 0 fully saturated rings. The van der Waals surface area contributed by atoms with Gasteiger partial charge in [0, 0.05) is 20.6 Å². The molecule has 8 heteroatoms. The van der Waals surface area contributed by atoms with Gasteiger partial charge in [-0.05, 0) is 12.0 Å². The smallest absolute Gasteiger partial charge is 0.241 e. The number of H-pyrrole nitrogens is 1. The zero-order valence-corrected chi connectivity index (χ0v) is 13.5. The summed E-state index contributed by atoms with van der Waals surface area (Å²) in [4.78, 5) is 31.3. The van der Waals surface area contributed by atoms with E-state index in [2.05, 4.69) is 19.9 Å². The molecule has 1 amide bonds. The first kappa shape index (κ1) is 16.2. The van der Waals surface area contributed by atoms with Crippen LogP contribution in [0, 0.1) is 5.41 Å². The molecule has 2 aromatic heterocycles. The molecule has 22 heavy (non-hydrogen) atoms. The van der Waals surface area contributed by atoms with Crippen molar-refractivity contribution in [1.82, 2.24) is 24.8 Å². The normalized spacial score (nSPS) is 11.7. The first-order chi connectivity index (χ1) is 10.3. The zero-order chi connectivity index (χ0) is 16.3. The third-order valence-corrected chi connectivity index (χ3v) is 3.58. The van der Waals surface area contributed by atoms with E-state index in [0.717, 1.165) is 5.52 Å². The Bertz CT molecular complexity index is 651. The molecule has 0 aliphatic carbocycles. The van der Waals surface area contributed by atoms with Crippen molar-refractivity contribution < 1.29 is 4.79 Å². The Morgan fingerprint density at radius 2 is 2.05 bits per heavy atom. The van der Waals surface area contributed by atoms with Crippen LogP contribution in [0.5, 0.6) is 0 Å². The van der Waals surface area contributed by atoms with Gasteiger partial charge in [-0.2, -0.15) is 0 Å². The van der Waals surface area contributed by atoms with Crippen molar-refractivity contribution in [2.24, 2.45) is 11.1 Å². The molecule has 0 spiro atoms. The van der Waals surface area contributed by atoms with Gasteiger partial charge in [0.25, 0.3) is 0 Å². The number of nitrogens with one attached hydrogen (secondary N) is 1. The molecule has 2 rings (SSSR count). The fraction of sp³-hybridized carbons (Fsp3) is 0.571. The summed E-state index contributed by atoms with van der Waals surface area (Å²) < 4.78 is 0. The van der Waals surface area contributed by atoms with Gasteiger partial charge >= 0.3 is 0 Å². The lowest BCUT2D eigenvalue weighted by Crippen LogP contribution is -2.43. The maximum Gasteiger partial charge on any atom is 0.241 e. The number of likely N-dealkylation sites (N-methyl/N-ethyl adjacent to an activating group) is 2. The minimum atomic E-state index is -0.103.